The van der Waals surface area contributed by atoms with Gasteiger partial charge in [0.25, 0.3) is 5.91 Å². The molecule has 2 aromatic carbocycles. The van der Waals surface area contributed by atoms with Crippen LogP contribution in [0.1, 0.15) is 36.0 Å². The molecule has 6 nitrogen and oxygen atoms in total. The minimum absolute atomic E-state index is 0.0147. The van der Waals surface area contributed by atoms with Crippen molar-refractivity contribution < 1.29 is 26.7 Å². The van der Waals surface area contributed by atoms with Gasteiger partial charge in [0, 0.05) is 24.7 Å². The van der Waals surface area contributed by atoms with Gasteiger partial charge >= 0.3 is 0 Å². The molecule has 1 aliphatic rings. The van der Waals surface area contributed by atoms with E-state index in [4.69, 9.17) is 4.74 Å². The molecule has 3 rings (SSSR count). The Bertz CT molecular complexity index is 983. The van der Waals surface area contributed by atoms with Gasteiger partial charge in [-0.05, 0) is 43.2 Å². The number of ether oxygens (including phenoxy) is 1. The van der Waals surface area contributed by atoms with Crippen LogP contribution in [0.25, 0.3) is 0 Å². The molecule has 156 valence electrons. The number of rotatable bonds is 5. The molecule has 1 N–H and O–H groups in total. The molecule has 1 heterocycles. The van der Waals surface area contributed by atoms with Gasteiger partial charge in [-0.1, -0.05) is 12.8 Å². The number of methoxy groups -OCH3 is 1. The van der Waals surface area contributed by atoms with Gasteiger partial charge in [0.05, 0.1) is 17.7 Å². The first-order valence-electron chi connectivity index (χ1n) is 9.27. The van der Waals surface area contributed by atoms with Crippen LogP contribution in [0.4, 0.5) is 14.5 Å². The molecule has 0 radical (unpaired) electrons. The zero-order chi connectivity index (χ0) is 21.0. The van der Waals surface area contributed by atoms with Crippen LogP contribution in [0.2, 0.25) is 0 Å². The van der Waals surface area contributed by atoms with E-state index in [1.54, 1.807) is 0 Å². The number of anilines is 1. The van der Waals surface area contributed by atoms with Gasteiger partial charge in [0.1, 0.15) is 17.4 Å². The number of nitrogens with zero attached hydrogens (tertiary/aromatic N) is 1. The zero-order valence-electron chi connectivity index (χ0n) is 16.0. The summed E-state index contributed by atoms with van der Waals surface area (Å²) in [6.07, 6.45) is 3.56. The maximum atomic E-state index is 13.4. The second-order valence-corrected chi connectivity index (χ2v) is 8.73. The fourth-order valence-corrected chi connectivity index (χ4v) is 4.80. The fourth-order valence-electron chi connectivity index (χ4n) is 3.26. The Labute approximate surface area is 168 Å². The van der Waals surface area contributed by atoms with E-state index in [2.05, 4.69) is 5.32 Å². The number of amides is 1. The molecule has 2 aromatic rings. The predicted molar refractivity (Wildman–Crippen MR) is 105 cm³/mol. The highest BCUT2D eigenvalue weighted by Gasteiger charge is 2.26. The maximum absolute atomic E-state index is 13.4. The average Bonchev–Trinajstić information content (AvgIpc) is 2.97. The van der Waals surface area contributed by atoms with Crippen molar-refractivity contribution in [2.24, 2.45) is 0 Å². The molecule has 29 heavy (non-hydrogen) atoms. The van der Waals surface area contributed by atoms with Crippen molar-refractivity contribution in [3.63, 3.8) is 0 Å². The van der Waals surface area contributed by atoms with Crippen molar-refractivity contribution in [3.8, 4) is 5.75 Å². The van der Waals surface area contributed by atoms with E-state index in [1.165, 1.54) is 29.6 Å². The number of hydrogen-bond donors (Lipinski definition) is 1. The third-order valence-electron chi connectivity index (χ3n) is 4.75. The van der Waals surface area contributed by atoms with Crippen molar-refractivity contribution in [1.82, 2.24) is 4.31 Å². The number of carbonyl (C=O) groups is 1. The molecule has 0 aliphatic carbocycles. The topological polar surface area (TPSA) is 75.7 Å². The number of carbonyl (C=O) groups excluding carboxylic acids is 1. The normalized spacial score (nSPS) is 15.6. The van der Waals surface area contributed by atoms with Gasteiger partial charge in [0.2, 0.25) is 10.0 Å². The lowest BCUT2D eigenvalue weighted by molar-refractivity contribution is 0.102. The quantitative estimate of drug-likeness (QED) is 0.792. The monoisotopic (exact) mass is 424 g/mol. The number of hydrogen-bond acceptors (Lipinski definition) is 4. The van der Waals surface area contributed by atoms with E-state index in [9.17, 15) is 22.0 Å². The lowest BCUT2D eigenvalue weighted by Crippen LogP contribution is -2.32. The summed E-state index contributed by atoms with van der Waals surface area (Å²) < 4.78 is 59.5. The smallest absolute Gasteiger partial charge is 0.255 e. The largest absolute Gasteiger partial charge is 0.495 e. The Balaban J connectivity index is 1.91. The summed E-state index contributed by atoms with van der Waals surface area (Å²) in [4.78, 5) is 12.4. The third-order valence-corrected chi connectivity index (χ3v) is 6.64. The summed E-state index contributed by atoms with van der Waals surface area (Å²) in [5.41, 5.74) is -0.136. The Morgan fingerprint density at radius 3 is 2.21 bits per heavy atom. The molecule has 0 aromatic heterocycles. The van der Waals surface area contributed by atoms with Gasteiger partial charge in [-0.15, -0.1) is 0 Å². The molecule has 0 atom stereocenters. The number of benzene rings is 2. The molecule has 0 spiro atoms. The average molecular weight is 424 g/mol. The molecular formula is C20H22F2N2O4S. The highest BCUT2D eigenvalue weighted by molar-refractivity contribution is 7.89. The molecule has 1 fully saturated rings. The SMILES string of the molecule is COc1ccc(S(=O)(=O)N2CCCCCC2)cc1NC(=O)c1cc(F)cc(F)c1. The molecule has 9 heteroatoms. The van der Waals surface area contributed by atoms with Crippen LogP contribution in [0.3, 0.4) is 0 Å². The fraction of sp³-hybridized carbons (Fsp3) is 0.350. The van der Waals surface area contributed by atoms with E-state index in [-0.39, 0.29) is 21.9 Å². The summed E-state index contributed by atoms with van der Waals surface area (Å²) in [6.45, 7) is 0.886. The zero-order valence-corrected chi connectivity index (χ0v) is 16.8. The first-order chi connectivity index (χ1) is 13.8. The Morgan fingerprint density at radius 2 is 1.62 bits per heavy atom. The Hall–Kier alpha value is -2.52. The molecule has 0 unspecified atom stereocenters. The van der Waals surface area contributed by atoms with Gasteiger partial charge in [-0.3, -0.25) is 4.79 Å². The van der Waals surface area contributed by atoms with Gasteiger partial charge in [0.15, 0.2) is 0 Å². The van der Waals surface area contributed by atoms with Crippen molar-refractivity contribution in [2.45, 2.75) is 30.6 Å². The van der Waals surface area contributed by atoms with E-state index in [0.29, 0.717) is 19.2 Å². The summed E-state index contributed by atoms with van der Waals surface area (Å²) in [6, 6.07) is 6.59. The minimum atomic E-state index is -3.74. The van der Waals surface area contributed by atoms with Crippen LogP contribution in [-0.2, 0) is 10.0 Å². The van der Waals surface area contributed by atoms with Crippen LogP contribution >= 0.6 is 0 Å². The van der Waals surface area contributed by atoms with E-state index >= 15 is 0 Å². The minimum Gasteiger partial charge on any atom is -0.495 e. The molecular weight excluding hydrogens is 402 g/mol. The molecule has 1 saturated heterocycles. The summed E-state index contributed by atoms with van der Waals surface area (Å²) in [5, 5.41) is 2.48. The predicted octanol–water partition coefficient (Wildman–Crippen LogP) is 3.79. The highest BCUT2D eigenvalue weighted by Crippen LogP contribution is 2.30. The van der Waals surface area contributed by atoms with E-state index in [1.807, 2.05) is 0 Å². The lowest BCUT2D eigenvalue weighted by Gasteiger charge is -2.21. The third kappa shape index (κ3) is 4.91. The van der Waals surface area contributed by atoms with Gasteiger partial charge in [-0.2, -0.15) is 4.31 Å². The number of nitrogens with one attached hydrogen (secondary N) is 1. The standard InChI is InChI=1S/C20H22F2N2O4S/c1-28-19-7-6-17(29(26,27)24-8-4-2-3-5-9-24)13-18(19)23-20(25)14-10-15(21)12-16(22)11-14/h6-7,10-13H,2-5,8-9H2,1H3,(H,23,25). The lowest BCUT2D eigenvalue weighted by atomic mass is 10.2. The second kappa shape index (κ2) is 8.87. The Morgan fingerprint density at radius 1 is 1.00 bits per heavy atom. The van der Waals surface area contributed by atoms with Crippen LogP contribution < -0.4 is 10.1 Å². The van der Waals surface area contributed by atoms with Crippen LogP contribution in [0.5, 0.6) is 5.75 Å². The molecule has 0 saturated carbocycles. The summed E-state index contributed by atoms with van der Waals surface area (Å²) in [5.74, 6) is -2.34. The van der Waals surface area contributed by atoms with Crippen LogP contribution in [0.15, 0.2) is 41.3 Å². The second-order valence-electron chi connectivity index (χ2n) is 6.79. The van der Waals surface area contributed by atoms with Gasteiger partial charge in [-0.25, -0.2) is 17.2 Å². The first kappa shape index (κ1) is 21.2. The van der Waals surface area contributed by atoms with Crippen LogP contribution in [-0.4, -0.2) is 38.8 Å². The first-order valence-corrected chi connectivity index (χ1v) is 10.7. The molecule has 0 bridgehead atoms. The summed E-state index contributed by atoms with van der Waals surface area (Å²) >= 11 is 0. The van der Waals surface area contributed by atoms with Crippen molar-refractivity contribution in [2.75, 3.05) is 25.5 Å². The number of sulfonamides is 1. The van der Waals surface area contributed by atoms with Gasteiger partial charge < -0.3 is 10.1 Å². The van der Waals surface area contributed by atoms with Crippen molar-refractivity contribution >= 4 is 21.6 Å². The highest BCUT2D eigenvalue weighted by atomic mass is 32.2. The molecule has 1 amide bonds. The van der Waals surface area contributed by atoms with Crippen LogP contribution in [0, 0.1) is 11.6 Å². The number of halogens is 2. The molecule has 1 aliphatic heterocycles. The van der Waals surface area contributed by atoms with E-state index < -0.39 is 27.6 Å². The maximum Gasteiger partial charge on any atom is 0.255 e. The van der Waals surface area contributed by atoms with Crippen molar-refractivity contribution in [1.29, 1.82) is 0 Å². The Kier molecular flexibility index (Phi) is 6.49. The summed E-state index contributed by atoms with van der Waals surface area (Å²) in [7, 11) is -2.37. The van der Waals surface area contributed by atoms with Crippen molar-refractivity contribution in [3.05, 3.63) is 53.6 Å². The van der Waals surface area contributed by atoms with E-state index in [0.717, 1.165) is 37.8 Å².